The van der Waals surface area contributed by atoms with Gasteiger partial charge in [-0.3, -0.25) is 9.59 Å². The summed E-state index contributed by atoms with van der Waals surface area (Å²) in [7, 11) is 0. The summed E-state index contributed by atoms with van der Waals surface area (Å²) in [6.45, 7) is 3.65. The molecule has 1 aromatic heterocycles. The van der Waals surface area contributed by atoms with Gasteiger partial charge in [0.25, 0.3) is 5.91 Å². The Kier molecular flexibility index (Phi) is 4.76. The van der Waals surface area contributed by atoms with Crippen LogP contribution in [-0.2, 0) is 4.79 Å². The van der Waals surface area contributed by atoms with Crippen molar-refractivity contribution >= 4 is 45.8 Å². The van der Waals surface area contributed by atoms with E-state index in [0.29, 0.717) is 22.0 Å². The Hall–Kier alpha value is -2.79. The fourth-order valence-electron chi connectivity index (χ4n) is 2.24. The number of anilines is 2. The molecule has 0 aliphatic heterocycles. The van der Waals surface area contributed by atoms with Crippen molar-refractivity contribution in [2.75, 3.05) is 10.6 Å². The highest BCUT2D eigenvalue weighted by Gasteiger charge is 2.13. The summed E-state index contributed by atoms with van der Waals surface area (Å²) in [5.74, 6) is -0.306. The number of carbonyl (C=O) groups excluding carboxylic acids is 2. The second kappa shape index (κ2) is 6.99. The molecular weight excluding hydrogens is 340 g/mol. The summed E-state index contributed by atoms with van der Waals surface area (Å²) in [4.78, 5) is 24.0. The zero-order chi connectivity index (χ0) is 18.0. The topological polar surface area (TPSA) is 71.3 Å². The molecule has 3 rings (SSSR count). The Morgan fingerprint density at radius 2 is 1.60 bits per heavy atom. The van der Waals surface area contributed by atoms with Gasteiger partial charge in [-0.05, 0) is 48.5 Å². The van der Waals surface area contributed by atoms with Gasteiger partial charge in [-0.2, -0.15) is 0 Å². The fraction of sp³-hybridized carbons (Fsp3) is 0.158. The standard InChI is InChI=1S/C19H17ClN2O3/c1-11(2)18(23)21-14-4-6-15(7-5-14)22-19(24)17-10-12-9-13(20)3-8-16(12)25-17/h3-11H,1-2H3,(H,21,23)(H,22,24). The third kappa shape index (κ3) is 4.00. The molecule has 0 radical (unpaired) electrons. The number of nitrogens with one attached hydrogen (secondary N) is 2. The van der Waals surface area contributed by atoms with E-state index >= 15 is 0 Å². The average Bonchev–Trinajstić information content (AvgIpc) is 2.99. The van der Waals surface area contributed by atoms with Gasteiger partial charge < -0.3 is 15.1 Å². The van der Waals surface area contributed by atoms with Crippen molar-refractivity contribution in [1.82, 2.24) is 0 Å². The van der Waals surface area contributed by atoms with Gasteiger partial charge >= 0.3 is 0 Å². The Morgan fingerprint density at radius 1 is 0.960 bits per heavy atom. The average molecular weight is 357 g/mol. The molecule has 0 atom stereocenters. The van der Waals surface area contributed by atoms with Gasteiger partial charge in [0.05, 0.1) is 0 Å². The molecule has 25 heavy (non-hydrogen) atoms. The molecule has 0 aliphatic carbocycles. The second-order valence-electron chi connectivity index (χ2n) is 5.97. The van der Waals surface area contributed by atoms with Crippen LogP contribution in [0.15, 0.2) is 52.9 Å². The minimum absolute atomic E-state index is 0.0577. The monoisotopic (exact) mass is 356 g/mol. The molecular formula is C19H17ClN2O3. The Labute approximate surface area is 150 Å². The van der Waals surface area contributed by atoms with Crippen molar-refractivity contribution in [1.29, 1.82) is 0 Å². The third-order valence-electron chi connectivity index (χ3n) is 3.64. The highest BCUT2D eigenvalue weighted by molar-refractivity contribution is 6.31. The van der Waals surface area contributed by atoms with Crippen LogP contribution in [0.5, 0.6) is 0 Å². The molecule has 0 unspecified atom stereocenters. The molecule has 0 fully saturated rings. The van der Waals surface area contributed by atoms with Crippen molar-refractivity contribution in [3.8, 4) is 0 Å². The predicted molar refractivity (Wildman–Crippen MR) is 99.1 cm³/mol. The van der Waals surface area contributed by atoms with Crippen LogP contribution in [-0.4, -0.2) is 11.8 Å². The molecule has 128 valence electrons. The molecule has 2 amide bonds. The first-order valence-corrected chi connectivity index (χ1v) is 8.21. The Bertz CT molecular complexity index is 929. The zero-order valence-electron chi connectivity index (χ0n) is 13.8. The quantitative estimate of drug-likeness (QED) is 0.696. The van der Waals surface area contributed by atoms with Crippen LogP contribution in [0.3, 0.4) is 0 Å². The number of benzene rings is 2. The summed E-state index contributed by atoms with van der Waals surface area (Å²) in [6, 6.07) is 13.7. The molecule has 5 nitrogen and oxygen atoms in total. The SMILES string of the molecule is CC(C)C(=O)Nc1ccc(NC(=O)c2cc3cc(Cl)ccc3o2)cc1. The first-order chi connectivity index (χ1) is 11.9. The summed E-state index contributed by atoms with van der Waals surface area (Å²) in [5, 5.41) is 6.90. The van der Waals surface area contributed by atoms with E-state index in [-0.39, 0.29) is 23.5 Å². The van der Waals surface area contributed by atoms with Gasteiger partial charge in [0.1, 0.15) is 5.58 Å². The van der Waals surface area contributed by atoms with Gasteiger partial charge in [-0.25, -0.2) is 0 Å². The number of amides is 2. The van der Waals surface area contributed by atoms with Crippen molar-refractivity contribution in [2.45, 2.75) is 13.8 Å². The van der Waals surface area contributed by atoms with Crippen LogP contribution < -0.4 is 10.6 Å². The highest BCUT2D eigenvalue weighted by Crippen LogP contribution is 2.24. The first kappa shape index (κ1) is 17.0. The van der Waals surface area contributed by atoms with Crippen LogP contribution >= 0.6 is 11.6 Å². The molecule has 0 saturated heterocycles. The van der Waals surface area contributed by atoms with E-state index in [1.54, 1.807) is 48.5 Å². The van der Waals surface area contributed by atoms with Crippen molar-refractivity contribution < 1.29 is 14.0 Å². The summed E-state index contributed by atoms with van der Waals surface area (Å²) in [5.41, 5.74) is 1.88. The molecule has 0 aliphatic rings. The van der Waals surface area contributed by atoms with Crippen molar-refractivity contribution in [2.24, 2.45) is 5.92 Å². The normalized spacial score (nSPS) is 10.9. The lowest BCUT2D eigenvalue weighted by atomic mass is 10.2. The molecule has 1 heterocycles. The number of carbonyl (C=O) groups is 2. The van der Waals surface area contributed by atoms with Gasteiger partial charge in [0, 0.05) is 27.7 Å². The first-order valence-electron chi connectivity index (χ1n) is 7.84. The largest absolute Gasteiger partial charge is 0.451 e. The van der Waals surface area contributed by atoms with Crippen molar-refractivity contribution in [3.05, 3.63) is 59.3 Å². The highest BCUT2D eigenvalue weighted by atomic mass is 35.5. The third-order valence-corrected chi connectivity index (χ3v) is 3.87. The van der Waals surface area contributed by atoms with Crippen LogP contribution in [0.2, 0.25) is 5.02 Å². The van der Waals surface area contributed by atoms with E-state index < -0.39 is 0 Å². The zero-order valence-corrected chi connectivity index (χ0v) is 14.6. The van der Waals surface area contributed by atoms with E-state index in [1.807, 2.05) is 13.8 Å². The van der Waals surface area contributed by atoms with E-state index in [0.717, 1.165) is 5.39 Å². The minimum Gasteiger partial charge on any atom is -0.451 e. The summed E-state index contributed by atoms with van der Waals surface area (Å²) >= 11 is 5.94. The lowest BCUT2D eigenvalue weighted by Gasteiger charge is -2.08. The van der Waals surface area contributed by atoms with E-state index in [2.05, 4.69) is 10.6 Å². The maximum atomic E-state index is 12.3. The van der Waals surface area contributed by atoms with Gasteiger partial charge in [0.15, 0.2) is 5.76 Å². The number of hydrogen-bond donors (Lipinski definition) is 2. The minimum atomic E-state index is -0.355. The number of fused-ring (bicyclic) bond motifs is 1. The van der Waals surface area contributed by atoms with E-state index in [9.17, 15) is 9.59 Å². The molecule has 2 aromatic carbocycles. The Morgan fingerprint density at radius 3 is 2.24 bits per heavy atom. The van der Waals surface area contributed by atoms with E-state index in [4.69, 9.17) is 16.0 Å². The summed E-state index contributed by atoms with van der Waals surface area (Å²) < 4.78 is 5.53. The van der Waals surface area contributed by atoms with Crippen LogP contribution in [0.25, 0.3) is 11.0 Å². The maximum absolute atomic E-state index is 12.3. The lowest BCUT2D eigenvalue weighted by Crippen LogP contribution is -2.17. The molecule has 0 bridgehead atoms. The Balaban J connectivity index is 1.70. The van der Waals surface area contributed by atoms with Gasteiger partial charge in [0.2, 0.25) is 5.91 Å². The van der Waals surface area contributed by atoms with Gasteiger partial charge in [-0.15, -0.1) is 0 Å². The molecule has 6 heteroatoms. The number of hydrogen-bond acceptors (Lipinski definition) is 3. The number of halogens is 1. The summed E-state index contributed by atoms with van der Waals surface area (Å²) in [6.07, 6.45) is 0. The molecule has 3 aromatic rings. The van der Waals surface area contributed by atoms with Crippen LogP contribution in [0.1, 0.15) is 24.4 Å². The fourth-order valence-corrected chi connectivity index (χ4v) is 2.42. The van der Waals surface area contributed by atoms with Gasteiger partial charge in [-0.1, -0.05) is 25.4 Å². The molecule has 0 saturated carbocycles. The van der Waals surface area contributed by atoms with Crippen LogP contribution in [0.4, 0.5) is 11.4 Å². The second-order valence-corrected chi connectivity index (χ2v) is 6.40. The van der Waals surface area contributed by atoms with Crippen molar-refractivity contribution in [3.63, 3.8) is 0 Å². The van der Waals surface area contributed by atoms with Crippen LogP contribution in [0, 0.1) is 5.92 Å². The number of furan rings is 1. The predicted octanol–water partition coefficient (Wildman–Crippen LogP) is 4.93. The van der Waals surface area contributed by atoms with E-state index in [1.165, 1.54) is 0 Å². The smallest absolute Gasteiger partial charge is 0.291 e. The lowest BCUT2D eigenvalue weighted by molar-refractivity contribution is -0.118. The maximum Gasteiger partial charge on any atom is 0.291 e. The molecule has 2 N–H and O–H groups in total. The molecule has 0 spiro atoms. The number of rotatable bonds is 4.